The van der Waals surface area contributed by atoms with Gasteiger partial charge in [0.1, 0.15) is 0 Å². The smallest absolute Gasteiger partial charge is 0.0658 e. The van der Waals surface area contributed by atoms with Crippen LogP contribution in [0.5, 0.6) is 0 Å². The summed E-state index contributed by atoms with van der Waals surface area (Å²) < 4.78 is 7.81. The molecule has 1 aromatic heterocycles. The molecule has 2 aliphatic rings. The Kier molecular flexibility index (Phi) is 4.36. The standard InChI is InChI=1S/C23H23N3O/c1-3-7-18(8-4-1)14-25-22-11-19(12-23(25)17-27-16-22)20-13-24-26(15-20)21-9-5-2-6-10-21/h1-11,13,15,22-23H,12,14,16-17H2. The number of para-hydroxylation sites is 1. The molecule has 0 radical (unpaired) electrons. The van der Waals surface area contributed by atoms with Crippen LogP contribution >= 0.6 is 0 Å². The lowest BCUT2D eigenvalue weighted by molar-refractivity contribution is -0.0402. The van der Waals surface area contributed by atoms with Crippen LogP contribution in [0.2, 0.25) is 0 Å². The lowest BCUT2D eigenvalue weighted by Gasteiger charge is -2.44. The van der Waals surface area contributed by atoms with E-state index in [9.17, 15) is 0 Å². The van der Waals surface area contributed by atoms with Gasteiger partial charge in [0.05, 0.1) is 31.1 Å². The predicted molar refractivity (Wildman–Crippen MR) is 107 cm³/mol. The minimum atomic E-state index is 0.327. The lowest BCUT2D eigenvalue weighted by Crippen LogP contribution is -2.53. The van der Waals surface area contributed by atoms with Crippen LogP contribution in [0.1, 0.15) is 17.5 Å². The third kappa shape index (κ3) is 3.34. The molecule has 5 rings (SSSR count). The molecule has 2 aliphatic heterocycles. The van der Waals surface area contributed by atoms with Gasteiger partial charge in [-0.3, -0.25) is 4.90 Å². The number of benzene rings is 2. The molecule has 0 saturated carbocycles. The average Bonchev–Trinajstić information content (AvgIpc) is 3.20. The Morgan fingerprint density at radius 3 is 2.52 bits per heavy atom. The quantitative estimate of drug-likeness (QED) is 0.709. The number of hydrogen-bond acceptors (Lipinski definition) is 3. The highest BCUT2D eigenvalue weighted by atomic mass is 16.5. The van der Waals surface area contributed by atoms with Crippen molar-refractivity contribution in [3.63, 3.8) is 0 Å². The van der Waals surface area contributed by atoms with E-state index in [1.807, 2.05) is 29.1 Å². The van der Waals surface area contributed by atoms with Crippen LogP contribution < -0.4 is 0 Å². The fraction of sp³-hybridized carbons (Fsp3) is 0.261. The first-order valence-electron chi connectivity index (χ1n) is 9.55. The number of nitrogens with zero attached hydrogens (tertiary/aromatic N) is 3. The summed E-state index contributed by atoms with van der Waals surface area (Å²) in [5, 5.41) is 4.57. The van der Waals surface area contributed by atoms with Crippen molar-refractivity contribution in [3.8, 4) is 5.69 Å². The van der Waals surface area contributed by atoms with Gasteiger partial charge in [0, 0.05) is 24.3 Å². The third-order valence-corrected chi connectivity index (χ3v) is 5.53. The minimum absolute atomic E-state index is 0.327. The van der Waals surface area contributed by atoms with E-state index in [0.29, 0.717) is 12.1 Å². The molecule has 2 aromatic carbocycles. The zero-order valence-electron chi connectivity index (χ0n) is 15.2. The van der Waals surface area contributed by atoms with Crippen LogP contribution in [0.4, 0.5) is 0 Å². The number of ether oxygens (including phenoxy) is 1. The zero-order valence-corrected chi connectivity index (χ0v) is 15.2. The van der Waals surface area contributed by atoms with Crippen molar-refractivity contribution in [2.24, 2.45) is 0 Å². The van der Waals surface area contributed by atoms with E-state index in [1.165, 1.54) is 16.7 Å². The molecular formula is C23H23N3O. The van der Waals surface area contributed by atoms with E-state index in [0.717, 1.165) is 31.9 Å². The van der Waals surface area contributed by atoms with Gasteiger partial charge in [-0.2, -0.15) is 5.10 Å². The van der Waals surface area contributed by atoms with Crippen molar-refractivity contribution in [2.75, 3.05) is 13.2 Å². The molecule has 4 heteroatoms. The maximum Gasteiger partial charge on any atom is 0.0658 e. The van der Waals surface area contributed by atoms with Crippen molar-refractivity contribution in [1.82, 2.24) is 14.7 Å². The molecule has 2 bridgehead atoms. The van der Waals surface area contributed by atoms with E-state index in [2.05, 4.69) is 64.7 Å². The second-order valence-electron chi connectivity index (χ2n) is 7.32. The summed E-state index contributed by atoms with van der Waals surface area (Å²) >= 11 is 0. The predicted octanol–water partition coefficient (Wildman–Crippen LogP) is 3.93. The molecule has 4 nitrogen and oxygen atoms in total. The number of hydrogen-bond donors (Lipinski definition) is 0. The van der Waals surface area contributed by atoms with Crippen molar-refractivity contribution in [2.45, 2.75) is 25.0 Å². The first-order chi connectivity index (χ1) is 13.4. The largest absolute Gasteiger partial charge is 0.378 e. The van der Waals surface area contributed by atoms with E-state index in [1.54, 1.807) is 0 Å². The molecule has 2 atom stereocenters. The average molecular weight is 357 g/mol. The van der Waals surface area contributed by atoms with Crippen LogP contribution in [0.3, 0.4) is 0 Å². The Balaban J connectivity index is 1.40. The number of aromatic nitrogens is 2. The highest BCUT2D eigenvalue weighted by Gasteiger charge is 2.35. The van der Waals surface area contributed by atoms with Gasteiger partial charge in [0.2, 0.25) is 0 Å². The molecule has 3 heterocycles. The van der Waals surface area contributed by atoms with E-state index >= 15 is 0 Å². The van der Waals surface area contributed by atoms with Crippen molar-refractivity contribution < 1.29 is 4.74 Å². The van der Waals surface area contributed by atoms with E-state index in [4.69, 9.17) is 4.74 Å². The third-order valence-electron chi connectivity index (χ3n) is 5.53. The monoisotopic (exact) mass is 357 g/mol. The first-order valence-corrected chi connectivity index (χ1v) is 9.55. The van der Waals surface area contributed by atoms with Gasteiger partial charge in [-0.05, 0) is 29.7 Å². The maximum absolute atomic E-state index is 5.86. The number of fused-ring (bicyclic) bond motifs is 2. The molecule has 0 spiro atoms. The van der Waals surface area contributed by atoms with Gasteiger partial charge >= 0.3 is 0 Å². The highest BCUT2D eigenvalue weighted by molar-refractivity contribution is 5.67. The summed E-state index contributed by atoms with van der Waals surface area (Å²) in [6.07, 6.45) is 7.52. The Morgan fingerprint density at radius 2 is 1.74 bits per heavy atom. The molecule has 3 aromatic rings. The SMILES string of the molecule is C1=C(c2cnn(-c3ccccc3)c2)CC2COCC1N2Cc1ccccc1. The molecule has 1 fully saturated rings. The Hall–Kier alpha value is -2.69. The summed E-state index contributed by atoms with van der Waals surface area (Å²) in [5.41, 5.74) is 5.06. The molecule has 1 saturated heterocycles. The lowest BCUT2D eigenvalue weighted by atomic mass is 9.90. The molecule has 0 N–H and O–H groups in total. The number of morpholine rings is 1. The maximum atomic E-state index is 5.86. The molecule has 0 aliphatic carbocycles. The Labute approximate surface area is 159 Å². The Bertz CT molecular complexity index is 933. The number of rotatable bonds is 4. The van der Waals surface area contributed by atoms with Crippen LogP contribution in [-0.4, -0.2) is 40.0 Å². The van der Waals surface area contributed by atoms with Gasteiger partial charge in [-0.15, -0.1) is 0 Å². The fourth-order valence-corrected chi connectivity index (χ4v) is 4.13. The molecule has 136 valence electrons. The van der Waals surface area contributed by atoms with E-state index in [-0.39, 0.29) is 0 Å². The molecule has 2 unspecified atom stereocenters. The molecule has 27 heavy (non-hydrogen) atoms. The zero-order chi connectivity index (χ0) is 18.1. The van der Waals surface area contributed by atoms with Gasteiger partial charge in [-0.1, -0.05) is 54.6 Å². The fourth-order valence-electron chi connectivity index (χ4n) is 4.13. The Morgan fingerprint density at radius 1 is 0.963 bits per heavy atom. The topological polar surface area (TPSA) is 30.3 Å². The first kappa shape index (κ1) is 16.5. The van der Waals surface area contributed by atoms with Crippen LogP contribution in [-0.2, 0) is 11.3 Å². The van der Waals surface area contributed by atoms with Gasteiger partial charge < -0.3 is 4.74 Å². The van der Waals surface area contributed by atoms with Crippen LogP contribution in [0.15, 0.2) is 79.1 Å². The summed E-state index contributed by atoms with van der Waals surface area (Å²) in [6.45, 7) is 2.54. The van der Waals surface area contributed by atoms with Crippen molar-refractivity contribution >= 4 is 5.57 Å². The second kappa shape index (κ2) is 7.14. The minimum Gasteiger partial charge on any atom is -0.378 e. The van der Waals surface area contributed by atoms with Gasteiger partial charge in [0.25, 0.3) is 0 Å². The van der Waals surface area contributed by atoms with E-state index < -0.39 is 0 Å². The van der Waals surface area contributed by atoms with Crippen LogP contribution in [0.25, 0.3) is 11.3 Å². The molecular weight excluding hydrogens is 334 g/mol. The van der Waals surface area contributed by atoms with Crippen molar-refractivity contribution in [3.05, 3.63) is 90.3 Å². The highest BCUT2D eigenvalue weighted by Crippen LogP contribution is 2.33. The van der Waals surface area contributed by atoms with Crippen molar-refractivity contribution in [1.29, 1.82) is 0 Å². The second-order valence-corrected chi connectivity index (χ2v) is 7.32. The van der Waals surface area contributed by atoms with Gasteiger partial charge in [-0.25, -0.2) is 4.68 Å². The normalized spacial score (nSPS) is 22.4. The van der Waals surface area contributed by atoms with Crippen LogP contribution in [0, 0.1) is 0 Å². The van der Waals surface area contributed by atoms with Gasteiger partial charge in [0.15, 0.2) is 0 Å². The summed E-state index contributed by atoms with van der Waals surface area (Å²) in [7, 11) is 0. The summed E-state index contributed by atoms with van der Waals surface area (Å²) in [4.78, 5) is 2.59. The summed E-state index contributed by atoms with van der Waals surface area (Å²) in [6, 6.07) is 21.7. The molecule has 0 amide bonds. The summed E-state index contributed by atoms with van der Waals surface area (Å²) in [5.74, 6) is 0.